The molecule has 1 amide bonds. The lowest BCUT2D eigenvalue weighted by Gasteiger charge is -2.11. The van der Waals surface area contributed by atoms with Gasteiger partial charge in [-0.25, -0.2) is 4.68 Å². The highest BCUT2D eigenvalue weighted by Gasteiger charge is 2.19. The second-order valence-electron chi connectivity index (χ2n) is 5.98. The molecule has 0 bridgehead atoms. The van der Waals surface area contributed by atoms with Crippen LogP contribution in [0.2, 0.25) is 0 Å². The van der Waals surface area contributed by atoms with Gasteiger partial charge in [0.15, 0.2) is 5.82 Å². The van der Waals surface area contributed by atoms with Gasteiger partial charge in [0.25, 0.3) is 5.91 Å². The lowest BCUT2D eigenvalue weighted by Crippen LogP contribution is -2.23. The number of aromatic nitrogens is 3. The molecular weight excluding hydrogens is 328 g/mol. The number of furan rings is 1. The van der Waals surface area contributed by atoms with E-state index < -0.39 is 0 Å². The van der Waals surface area contributed by atoms with Crippen LogP contribution in [0.15, 0.2) is 77.8 Å². The molecule has 4 aromatic rings. The molecule has 26 heavy (non-hydrogen) atoms. The summed E-state index contributed by atoms with van der Waals surface area (Å²) in [4.78, 5) is 12.7. The Balaban J connectivity index is 1.70. The first-order chi connectivity index (χ1) is 12.7. The molecule has 1 aromatic carbocycles. The standard InChI is InChI=1S/C20H18N4O2/c1-15-6-8-16(9-7-15)24-20(23-10-2-3-11-23)18(14-22-24)19(25)21-13-17-5-4-12-26-17/h2-12,14H,13H2,1H3,(H,21,25). The lowest BCUT2D eigenvalue weighted by molar-refractivity contribution is 0.0948. The zero-order valence-electron chi connectivity index (χ0n) is 14.3. The quantitative estimate of drug-likeness (QED) is 0.601. The van der Waals surface area contributed by atoms with Crippen molar-refractivity contribution in [3.05, 3.63) is 90.3 Å². The summed E-state index contributed by atoms with van der Waals surface area (Å²) in [7, 11) is 0. The van der Waals surface area contributed by atoms with E-state index >= 15 is 0 Å². The highest BCUT2D eigenvalue weighted by atomic mass is 16.3. The minimum absolute atomic E-state index is 0.205. The average Bonchev–Trinajstić information content (AvgIpc) is 3.40. The van der Waals surface area contributed by atoms with Gasteiger partial charge in [0.2, 0.25) is 0 Å². The van der Waals surface area contributed by atoms with Crippen LogP contribution in [-0.4, -0.2) is 20.3 Å². The van der Waals surface area contributed by atoms with Gasteiger partial charge in [-0.3, -0.25) is 4.79 Å². The van der Waals surface area contributed by atoms with Gasteiger partial charge >= 0.3 is 0 Å². The van der Waals surface area contributed by atoms with Crippen molar-refractivity contribution in [3.63, 3.8) is 0 Å². The van der Waals surface area contributed by atoms with Crippen molar-refractivity contribution in [2.24, 2.45) is 0 Å². The average molecular weight is 346 g/mol. The number of nitrogens with one attached hydrogen (secondary N) is 1. The fraction of sp³-hybridized carbons (Fsp3) is 0.100. The Morgan fingerprint density at radius 3 is 2.58 bits per heavy atom. The molecule has 0 aliphatic carbocycles. The maximum Gasteiger partial charge on any atom is 0.257 e. The molecule has 3 heterocycles. The Morgan fingerprint density at radius 2 is 1.88 bits per heavy atom. The number of hydrogen-bond donors (Lipinski definition) is 1. The molecule has 0 aliphatic heterocycles. The van der Waals surface area contributed by atoms with Crippen LogP contribution in [0.3, 0.4) is 0 Å². The molecule has 4 rings (SSSR count). The van der Waals surface area contributed by atoms with Gasteiger partial charge in [-0.2, -0.15) is 5.10 Å². The van der Waals surface area contributed by atoms with Crippen LogP contribution < -0.4 is 5.32 Å². The third-order valence-electron chi connectivity index (χ3n) is 4.12. The number of amides is 1. The Bertz CT molecular complexity index is 997. The van der Waals surface area contributed by atoms with Crippen molar-refractivity contribution < 1.29 is 9.21 Å². The van der Waals surface area contributed by atoms with Crippen molar-refractivity contribution in [1.29, 1.82) is 0 Å². The van der Waals surface area contributed by atoms with Crippen LogP contribution in [0.1, 0.15) is 21.7 Å². The second kappa shape index (κ2) is 6.76. The fourth-order valence-corrected chi connectivity index (χ4v) is 2.78. The highest BCUT2D eigenvalue weighted by Crippen LogP contribution is 2.20. The van der Waals surface area contributed by atoms with E-state index in [1.165, 1.54) is 5.56 Å². The Hall–Kier alpha value is -3.54. The normalized spacial score (nSPS) is 10.8. The van der Waals surface area contributed by atoms with Crippen LogP contribution in [-0.2, 0) is 6.54 Å². The lowest BCUT2D eigenvalue weighted by atomic mass is 10.2. The predicted molar refractivity (Wildman–Crippen MR) is 97.5 cm³/mol. The van der Waals surface area contributed by atoms with E-state index in [-0.39, 0.29) is 5.91 Å². The molecule has 6 nitrogen and oxygen atoms in total. The van der Waals surface area contributed by atoms with Crippen molar-refractivity contribution in [1.82, 2.24) is 19.7 Å². The van der Waals surface area contributed by atoms with Gasteiger partial charge in [-0.1, -0.05) is 17.7 Å². The molecule has 0 radical (unpaired) electrons. The number of nitrogens with zero attached hydrogens (tertiary/aromatic N) is 3. The summed E-state index contributed by atoms with van der Waals surface area (Å²) in [5.74, 6) is 1.19. The van der Waals surface area contributed by atoms with Crippen molar-refractivity contribution in [3.8, 4) is 11.5 Å². The monoisotopic (exact) mass is 346 g/mol. The molecule has 0 fully saturated rings. The predicted octanol–water partition coefficient (Wildman–Crippen LogP) is 3.49. The van der Waals surface area contributed by atoms with Crippen molar-refractivity contribution in [2.45, 2.75) is 13.5 Å². The summed E-state index contributed by atoms with van der Waals surface area (Å²) in [5.41, 5.74) is 2.55. The number of carbonyl (C=O) groups excluding carboxylic acids is 1. The van der Waals surface area contributed by atoms with E-state index in [1.807, 2.05) is 66.3 Å². The van der Waals surface area contributed by atoms with Crippen molar-refractivity contribution in [2.75, 3.05) is 0 Å². The molecule has 0 atom stereocenters. The van der Waals surface area contributed by atoms with Gasteiger partial charge in [0, 0.05) is 12.4 Å². The number of hydrogen-bond acceptors (Lipinski definition) is 3. The summed E-state index contributed by atoms with van der Waals surface area (Å²) in [5, 5.41) is 7.33. The number of carbonyl (C=O) groups is 1. The molecule has 0 spiro atoms. The second-order valence-corrected chi connectivity index (χ2v) is 5.98. The fourth-order valence-electron chi connectivity index (χ4n) is 2.78. The molecule has 0 aliphatic rings. The third-order valence-corrected chi connectivity index (χ3v) is 4.12. The van der Waals surface area contributed by atoms with Crippen LogP contribution in [0.5, 0.6) is 0 Å². The van der Waals surface area contributed by atoms with Crippen LogP contribution in [0.4, 0.5) is 0 Å². The van der Waals surface area contributed by atoms with Gasteiger partial charge in [0.1, 0.15) is 11.3 Å². The highest BCUT2D eigenvalue weighted by molar-refractivity contribution is 5.97. The SMILES string of the molecule is Cc1ccc(-n2ncc(C(=O)NCc3ccco3)c2-n2cccc2)cc1. The Kier molecular flexibility index (Phi) is 4.15. The first-order valence-corrected chi connectivity index (χ1v) is 8.31. The van der Waals surface area contributed by atoms with E-state index in [4.69, 9.17) is 4.42 Å². The summed E-state index contributed by atoms with van der Waals surface area (Å²) in [6.45, 7) is 2.36. The summed E-state index contributed by atoms with van der Waals surface area (Å²) in [6, 6.07) is 15.5. The largest absolute Gasteiger partial charge is 0.467 e. The number of rotatable bonds is 5. The molecule has 6 heteroatoms. The molecule has 0 saturated heterocycles. The molecular formula is C20H18N4O2. The number of aryl methyl sites for hydroxylation is 1. The maximum absolute atomic E-state index is 12.7. The zero-order valence-corrected chi connectivity index (χ0v) is 14.3. The van der Waals surface area contributed by atoms with Gasteiger partial charge in [0.05, 0.1) is 24.7 Å². The first-order valence-electron chi connectivity index (χ1n) is 8.31. The molecule has 130 valence electrons. The summed E-state index contributed by atoms with van der Waals surface area (Å²) in [6.07, 6.45) is 6.96. The van der Waals surface area contributed by atoms with Crippen LogP contribution in [0, 0.1) is 6.92 Å². The minimum atomic E-state index is -0.205. The van der Waals surface area contributed by atoms with Crippen molar-refractivity contribution >= 4 is 5.91 Å². The molecule has 0 unspecified atom stereocenters. The Morgan fingerprint density at radius 1 is 1.12 bits per heavy atom. The van der Waals surface area contributed by atoms with Gasteiger partial charge in [-0.05, 0) is 43.3 Å². The van der Waals surface area contributed by atoms with E-state index in [0.29, 0.717) is 23.7 Å². The minimum Gasteiger partial charge on any atom is -0.467 e. The van der Waals surface area contributed by atoms with E-state index in [9.17, 15) is 4.79 Å². The van der Waals surface area contributed by atoms with Gasteiger partial charge < -0.3 is 14.3 Å². The zero-order chi connectivity index (χ0) is 17.9. The topological polar surface area (TPSA) is 65.0 Å². The van der Waals surface area contributed by atoms with Gasteiger partial charge in [-0.15, -0.1) is 0 Å². The first kappa shape index (κ1) is 16.0. The molecule has 0 saturated carbocycles. The summed E-state index contributed by atoms with van der Waals surface area (Å²) < 4.78 is 8.92. The van der Waals surface area contributed by atoms with Crippen LogP contribution >= 0.6 is 0 Å². The summed E-state index contributed by atoms with van der Waals surface area (Å²) >= 11 is 0. The Labute approximate surface area is 150 Å². The molecule has 1 N–H and O–H groups in total. The smallest absolute Gasteiger partial charge is 0.257 e. The third kappa shape index (κ3) is 3.04. The maximum atomic E-state index is 12.7. The van der Waals surface area contributed by atoms with E-state index in [1.54, 1.807) is 23.2 Å². The van der Waals surface area contributed by atoms with E-state index in [2.05, 4.69) is 10.4 Å². The number of benzene rings is 1. The van der Waals surface area contributed by atoms with Crippen LogP contribution in [0.25, 0.3) is 11.5 Å². The molecule has 3 aromatic heterocycles. The van der Waals surface area contributed by atoms with E-state index in [0.717, 1.165) is 5.69 Å².